The normalized spacial score (nSPS) is 18.5. The molecule has 0 heterocycles. The van der Waals surface area contributed by atoms with E-state index in [1.54, 1.807) is 0 Å². The number of aliphatic carboxylic acids is 1. The molecule has 2 aliphatic carbocycles. The molecule has 2 aromatic carbocycles. The van der Waals surface area contributed by atoms with E-state index >= 15 is 0 Å². The van der Waals surface area contributed by atoms with E-state index in [2.05, 4.69) is 34.9 Å². The minimum Gasteiger partial charge on any atom is -0.481 e. The number of carboxylic acid groups (broad SMARTS) is 1. The van der Waals surface area contributed by atoms with E-state index in [9.17, 15) is 14.4 Å². The summed E-state index contributed by atoms with van der Waals surface area (Å²) in [6.45, 7) is 1.38. The highest BCUT2D eigenvalue weighted by Gasteiger charge is 2.30. The number of alkyl carbamates (subject to hydrolysis) is 1. The fourth-order valence-electron chi connectivity index (χ4n) is 5.39. The van der Waals surface area contributed by atoms with Crippen LogP contribution in [-0.4, -0.2) is 42.8 Å². The van der Waals surface area contributed by atoms with Crippen molar-refractivity contribution in [2.24, 2.45) is 11.8 Å². The lowest BCUT2D eigenvalue weighted by Gasteiger charge is -2.16. The molecule has 3 N–H and O–H groups in total. The molecule has 0 radical (unpaired) electrons. The molecule has 2 aliphatic rings. The van der Waals surface area contributed by atoms with E-state index in [-0.39, 0.29) is 18.2 Å². The summed E-state index contributed by atoms with van der Waals surface area (Å²) < 4.78 is 5.62. The summed E-state index contributed by atoms with van der Waals surface area (Å²) in [6, 6.07) is 16.6. The predicted octanol–water partition coefficient (Wildman–Crippen LogP) is 4.70. The minimum atomic E-state index is -0.806. The second-order valence-electron chi connectivity index (χ2n) is 9.66. The van der Waals surface area contributed by atoms with Gasteiger partial charge in [0.25, 0.3) is 0 Å². The summed E-state index contributed by atoms with van der Waals surface area (Å²) in [6.07, 6.45) is 4.35. The van der Waals surface area contributed by atoms with Crippen molar-refractivity contribution in [1.29, 1.82) is 0 Å². The maximum absolute atomic E-state index is 12.4. The van der Waals surface area contributed by atoms with E-state index in [0.717, 1.165) is 19.3 Å². The Morgan fingerprint density at radius 3 is 2.23 bits per heavy atom. The van der Waals surface area contributed by atoms with Crippen LogP contribution in [0.2, 0.25) is 0 Å². The number of fused-ring (bicyclic) bond motifs is 3. The molecule has 0 aliphatic heterocycles. The lowest BCUT2D eigenvalue weighted by Crippen LogP contribution is -2.30. The lowest BCUT2D eigenvalue weighted by molar-refractivity contribution is -0.137. The SMILES string of the molecule is O=C(O)CCCCNC(=O)CC1CCC(CNC(=O)OCC2c3ccccc3-c3ccccc32)C1. The average molecular weight is 479 g/mol. The van der Waals surface area contributed by atoms with Crippen LogP contribution in [0.15, 0.2) is 48.5 Å². The molecule has 0 aromatic heterocycles. The van der Waals surface area contributed by atoms with Crippen molar-refractivity contribution >= 4 is 18.0 Å². The number of amides is 2. The Bertz CT molecular complexity index is 1010. The van der Waals surface area contributed by atoms with Crippen LogP contribution in [0, 0.1) is 11.8 Å². The zero-order valence-corrected chi connectivity index (χ0v) is 20.0. The number of unbranched alkanes of at least 4 members (excludes halogenated alkanes) is 1. The van der Waals surface area contributed by atoms with Gasteiger partial charge in [0, 0.05) is 31.8 Å². The molecule has 2 atom stereocenters. The predicted molar refractivity (Wildman–Crippen MR) is 133 cm³/mol. The van der Waals surface area contributed by atoms with Crippen molar-refractivity contribution in [2.45, 2.75) is 50.9 Å². The summed E-state index contributed by atoms with van der Waals surface area (Å²) in [7, 11) is 0. The standard InChI is InChI=1S/C28H34N2O5/c31-26(29-14-6-5-11-27(32)33)16-19-12-13-20(15-19)17-30-28(34)35-18-25-23-9-3-1-7-21(23)22-8-2-4-10-24(22)25/h1-4,7-10,19-20,25H,5-6,11-18H2,(H,29,31)(H,30,34)(H,32,33). The highest BCUT2D eigenvalue weighted by Crippen LogP contribution is 2.44. The first kappa shape index (κ1) is 24.8. The highest BCUT2D eigenvalue weighted by atomic mass is 16.5. The quantitative estimate of drug-likeness (QED) is 0.406. The van der Waals surface area contributed by atoms with Gasteiger partial charge in [0.2, 0.25) is 5.91 Å². The molecule has 0 spiro atoms. The lowest BCUT2D eigenvalue weighted by atomic mass is 9.98. The number of carbonyl (C=O) groups is 3. The first-order chi connectivity index (χ1) is 17.0. The van der Waals surface area contributed by atoms with Gasteiger partial charge in [-0.05, 0) is 66.2 Å². The van der Waals surface area contributed by atoms with Gasteiger partial charge in [-0.3, -0.25) is 9.59 Å². The number of hydrogen-bond donors (Lipinski definition) is 3. The minimum absolute atomic E-state index is 0.0236. The Balaban J connectivity index is 1.15. The first-order valence-corrected chi connectivity index (χ1v) is 12.6. The molecule has 2 unspecified atom stereocenters. The van der Waals surface area contributed by atoms with E-state index in [4.69, 9.17) is 9.84 Å². The smallest absolute Gasteiger partial charge is 0.407 e. The number of carbonyl (C=O) groups excluding carboxylic acids is 2. The second kappa shape index (κ2) is 11.9. The number of hydrogen-bond acceptors (Lipinski definition) is 4. The van der Waals surface area contributed by atoms with E-state index in [0.29, 0.717) is 50.8 Å². The van der Waals surface area contributed by atoms with Gasteiger partial charge in [-0.25, -0.2) is 4.79 Å². The molecule has 2 aromatic rings. The third-order valence-corrected chi connectivity index (χ3v) is 7.14. The molecule has 186 valence electrons. The Morgan fingerprint density at radius 1 is 0.886 bits per heavy atom. The topological polar surface area (TPSA) is 105 Å². The number of nitrogens with one attached hydrogen (secondary N) is 2. The van der Waals surface area contributed by atoms with Crippen LogP contribution in [0.5, 0.6) is 0 Å². The Kier molecular flexibility index (Phi) is 8.40. The van der Waals surface area contributed by atoms with Gasteiger partial charge in [-0.15, -0.1) is 0 Å². The maximum atomic E-state index is 12.4. The van der Waals surface area contributed by atoms with Crippen molar-refractivity contribution in [3.8, 4) is 11.1 Å². The van der Waals surface area contributed by atoms with Crippen molar-refractivity contribution in [3.05, 3.63) is 59.7 Å². The molecule has 7 heteroatoms. The molecule has 35 heavy (non-hydrogen) atoms. The third kappa shape index (κ3) is 6.62. The summed E-state index contributed by atoms with van der Waals surface area (Å²) in [5.74, 6) is -0.0608. The molecule has 0 saturated heterocycles. The Morgan fingerprint density at radius 2 is 1.54 bits per heavy atom. The summed E-state index contributed by atoms with van der Waals surface area (Å²) in [4.78, 5) is 35.1. The fourth-order valence-corrected chi connectivity index (χ4v) is 5.39. The molecule has 1 fully saturated rings. The van der Waals surface area contributed by atoms with Gasteiger partial charge in [0.15, 0.2) is 0 Å². The number of ether oxygens (including phenoxy) is 1. The van der Waals surface area contributed by atoms with Crippen LogP contribution in [0.25, 0.3) is 11.1 Å². The van der Waals surface area contributed by atoms with Gasteiger partial charge in [0.1, 0.15) is 6.61 Å². The van der Waals surface area contributed by atoms with Crippen molar-refractivity contribution in [3.63, 3.8) is 0 Å². The number of benzene rings is 2. The van der Waals surface area contributed by atoms with Gasteiger partial charge in [-0.2, -0.15) is 0 Å². The van der Waals surface area contributed by atoms with Crippen LogP contribution in [0.4, 0.5) is 4.79 Å². The van der Waals surface area contributed by atoms with E-state index < -0.39 is 12.1 Å². The number of rotatable bonds is 11. The fraction of sp³-hybridized carbons (Fsp3) is 0.464. The largest absolute Gasteiger partial charge is 0.481 e. The van der Waals surface area contributed by atoms with Gasteiger partial charge in [-0.1, -0.05) is 48.5 Å². The van der Waals surface area contributed by atoms with Crippen molar-refractivity contribution in [2.75, 3.05) is 19.7 Å². The van der Waals surface area contributed by atoms with Crippen LogP contribution < -0.4 is 10.6 Å². The summed E-state index contributed by atoms with van der Waals surface area (Å²) in [5.41, 5.74) is 4.80. The van der Waals surface area contributed by atoms with E-state index in [1.807, 2.05) is 24.3 Å². The van der Waals surface area contributed by atoms with Crippen LogP contribution in [-0.2, 0) is 14.3 Å². The second-order valence-corrected chi connectivity index (χ2v) is 9.66. The molecule has 4 rings (SSSR count). The van der Waals surface area contributed by atoms with Crippen LogP contribution in [0.1, 0.15) is 62.0 Å². The summed E-state index contributed by atoms with van der Waals surface area (Å²) in [5, 5.41) is 14.4. The average Bonchev–Trinajstić information content (AvgIpc) is 3.43. The van der Waals surface area contributed by atoms with Crippen LogP contribution in [0.3, 0.4) is 0 Å². The van der Waals surface area contributed by atoms with Gasteiger partial charge < -0.3 is 20.5 Å². The Hall–Kier alpha value is -3.35. The molecular formula is C28H34N2O5. The number of carboxylic acids is 1. The molecule has 2 amide bonds. The first-order valence-electron chi connectivity index (χ1n) is 12.6. The molecule has 1 saturated carbocycles. The van der Waals surface area contributed by atoms with Gasteiger partial charge >= 0.3 is 12.1 Å². The monoisotopic (exact) mass is 478 g/mol. The third-order valence-electron chi connectivity index (χ3n) is 7.14. The molecule has 0 bridgehead atoms. The summed E-state index contributed by atoms with van der Waals surface area (Å²) >= 11 is 0. The van der Waals surface area contributed by atoms with Crippen molar-refractivity contribution < 1.29 is 24.2 Å². The molecular weight excluding hydrogens is 444 g/mol. The van der Waals surface area contributed by atoms with Crippen LogP contribution >= 0.6 is 0 Å². The van der Waals surface area contributed by atoms with Gasteiger partial charge in [0.05, 0.1) is 0 Å². The van der Waals surface area contributed by atoms with Crippen molar-refractivity contribution in [1.82, 2.24) is 10.6 Å². The maximum Gasteiger partial charge on any atom is 0.407 e. The highest BCUT2D eigenvalue weighted by molar-refractivity contribution is 5.79. The molecule has 7 nitrogen and oxygen atoms in total. The van der Waals surface area contributed by atoms with E-state index in [1.165, 1.54) is 22.3 Å². The zero-order chi connectivity index (χ0) is 24.6. The Labute approximate surface area is 206 Å². The zero-order valence-electron chi connectivity index (χ0n) is 20.0.